The lowest BCUT2D eigenvalue weighted by atomic mass is 10.0. The van der Waals surface area contributed by atoms with Gasteiger partial charge in [0.25, 0.3) is 10.0 Å². The number of carbonyl (C=O) groups excluding carboxylic acids is 1. The fraction of sp³-hybridized carbons (Fsp3) is 0.208. The van der Waals surface area contributed by atoms with Crippen LogP contribution in [0.5, 0.6) is 5.75 Å². The van der Waals surface area contributed by atoms with Crippen molar-refractivity contribution in [1.29, 1.82) is 0 Å². The molecule has 160 valence electrons. The summed E-state index contributed by atoms with van der Waals surface area (Å²) in [5.74, 6) is 0.367. The number of para-hydroxylation sites is 2. The van der Waals surface area contributed by atoms with Gasteiger partial charge in [-0.15, -0.1) is 0 Å². The van der Waals surface area contributed by atoms with Gasteiger partial charge in [-0.05, 0) is 37.6 Å². The van der Waals surface area contributed by atoms with Gasteiger partial charge in [0.1, 0.15) is 18.9 Å². The third-order valence-corrected chi connectivity index (χ3v) is 7.01. The molecule has 1 heterocycles. The molecule has 0 bridgehead atoms. The number of ether oxygens (including phenoxy) is 1. The maximum atomic E-state index is 13.3. The molecule has 0 spiro atoms. The van der Waals surface area contributed by atoms with Crippen LogP contribution in [0.1, 0.15) is 12.5 Å². The van der Waals surface area contributed by atoms with Crippen LogP contribution in [-0.2, 0) is 14.8 Å². The molecule has 0 saturated heterocycles. The predicted octanol–water partition coefficient (Wildman–Crippen LogP) is 3.75. The molecule has 3 aromatic rings. The molecule has 0 unspecified atom stereocenters. The van der Waals surface area contributed by atoms with Gasteiger partial charge in [-0.2, -0.15) is 0 Å². The molecule has 0 aromatic heterocycles. The van der Waals surface area contributed by atoms with Gasteiger partial charge in [0.15, 0.2) is 0 Å². The van der Waals surface area contributed by atoms with E-state index in [2.05, 4.69) is 5.32 Å². The number of hydrogen-bond donors (Lipinski definition) is 1. The van der Waals surface area contributed by atoms with E-state index in [4.69, 9.17) is 4.74 Å². The van der Waals surface area contributed by atoms with Crippen LogP contribution in [0, 0.1) is 6.92 Å². The summed E-state index contributed by atoms with van der Waals surface area (Å²) in [5, 5.41) is 2.84. The van der Waals surface area contributed by atoms with Gasteiger partial charge >= 0.3 is 0 Å². The number of anilines is 1. The Balaban J connectivity index is 1.50. The lowest BCUT2D eigenvalue weighted by Gasteiger charge is -2.31. The molecule has 1 atom stereocenters. The van der Waals surface area contributed by atoms with Crippen LogP contribution in [0.25, 0.3) is 11.1 Å². The third-order valence-electron chi connectivity index (χ3n) is 5.20. The smallest absolute Gasteiger partial charge is 0.265 e. The van der Waals surface area contributed by atoms with Crippen LogP contribution in [-0.4, -0.2) is 33.5 Å². The maximum Gasteiger partial charge on any atom is 0.265 e. The second kappa shape index (κ2) is 8.43. The van der Waals surface area contributed by atoms with Crippen LogP contribution in [0.3, 0.4) is 0 Å². The highest BCUT2D eigenvalue weighted by atomic mass is 32.2. The van der Waals surface area contributed by atoms with E-state index in [1.807, 2.05) is 56.3 Å². The Morgan fingerprint density at radius 3 is 2.39 bits per heavy atom. The molecule has 0 radical (unpaired) electrons. The zero-order valence-corrected chi connectivity index (χ0v) is 18.2. The van der Waals surface area contributed by atoms with Crippen molar-refractivity contribution in [3.05, 3.63) is 78.4 Å². The van der Waals surface area contributed by atoms with E-state index in [0.717, 1.165) is 16.9 Å². The quantitative estimate of drug-likeness (QED) is 0.639. The molecule has 31 heavy (non-hydrogen) atoms. The topological polar surface area (TPSA) is 75.7 Å². The molecule has 0 aliphatic carbocycles. The van der Waals surface area contributed by atoms with Crippen LogP contribution < -0.4 is 14.4 Å². The molecular formula is C24H24N2O4S. The van der Waals surface area contributed by atoms with Crippen molar-refractivity contribution in [3.63, 3.8) is 0 Å². The number of nitrogens with one attached hydrogen (secondary N) is 1. The van der Waals surface area contributed by atoms with E-state index in [0.29, 0.717) is 11.3 Å². The van der Waals surface area contributed by atoms with Crippen molar-refractivity contribution in [3.8, 4) is 16.9 Å². The van der Waals surface area contributed by atoms with E-state index in [1.54, 1.807) is 30.3 Å². The fourth-order valence-electron chi connectivity index (χ4n) is 3.68. The molecule has 7 heteroatoms. The van der Waals surface area contributed by atoms with Gasteiger partial charge < -0.3 is 10.1 Å². The van der Waals surface area contributed by atoms with Crippen molar-refractivity contribution >= 4 is 21.6 Å². The number of sulfonamides is 1. The zero-order valence-electron chi connectivity index (χ0n) is 17.4. The van der Waals surface area contributed by atoms with E-state index in [1.165, 1.54) is 4.31 Å². The van der Waals surface area contributed by atoms with Crippen LogP contribution >= 0.6 is 0 Å². The van der Waals surface area contributed by atoms with Gasteiger partial charge in [0, 0.05) is 11.1 Å². The average Bonchev–Trinajstić information content (AvgIpc) is 2.76. The summed E-state index contributed by atoms with van der Waals surface area (Å²) in [6, 6.07) is 21.4. The number of nitrogens with zero attached hydrogens (tertiary/aromatic N) is 1. The lowest BCUT2D eigenvalue weighted by molar-refractivity contribution is -0.120. The normalized spacial score (nSPS) is 14.8. The number of aryl methyl sites for hydroxylation is 1. The van der Waals surface area contributed by atoms with Crippen LogP contribution in [0.4, 0.5) is 5.69 Å². The minimum absolute atomic E-state index is 0.206. The molecule has 0 fully saturated rings. The Kier molecular flexibility index (Phi) is 5.69. The first-order valence-electron chi connectivity index (χ1n) is 10.1. The average molecular weight is 437 g/mol. The SMILES string of the molecule is Cc1ccccc1OC[C@@H](C)NC(=O)CN1c2ccccc2-c2ccccc2S1(=O)=O. The molecule has 1 aliphatic heterocycles. The van der Waals surface area contributed by atoms with Crippen LogP contribution in [0.15, 0.2) is 77.7 Å². The largest absolute Gasteiger partial charge is 0.491 e. The van der Waals surface area contributed by atoms with Crippen molar-refractivity contribution < 1.29 is 17.9 Å². The summed E-state index contributed by atoms with van der Waals surface area (Å²) in [6.45, 7) is 3.75. The van der Waals surface area contributed by atoms with Crippen molar-refractivity contribution in [2.45, 2.75) is 24.8 Å². The molecule has 0 saturated carbocycles. The summed E-state index contributed by atoms with van der Waals surface area (Å²) in [4.78, 5) is 12.9. The van der Waals surface area contributed by atoms with E-state index in [9.17, 15) is 13.2 Å². The highest BCUT2D eigenvalue weighted by Gasteiger charge is 2.35. The predicted molar refractivity (Wildman–Crippen MR) is 121 cm³/mol. The van der Waals surface area contributed by atoms with Gasteiger partial charge in [0.2, 0.25) is 5.91 Å². The summed E-state index contributed by atoms with van der Waals surface area (Å²) >= 11 is 0. The maximum absolute atomic E-state index is 13.3. The summed E-state index contributed by atoms with van der Waals surface area (Å²) in [5.41, 5.74) is 2.95. The first kappa shape index (κ1) is 20.9. The van der Waals surface area contributed by atoms with E-state index < -0.39 is 15.9 Å². The highest BCUT2D eigenvalue weighted by Crippen LogP contribution is 2.42. The molecule has 3 aromatic carbocycles. The Hall–Kier alpha value is -3.32. The van der Waals surface area contributed by atoms with Gasteiger partial charge in [0.05, 0.1) is 16.6 Å². The molecule has 4 rings (SSSR count). The van der Waals surface area contributed by atoms with Crippen molar-refractivity contribution in [2.24, 2.45) is 0 Å². The minimum atomic E-state index is -3.85. The van der Waals surface area contributed by atoms with E-state index >= 15 is 0 Å². The molecule has 1 amide bonds. The number of hydrogen-bond acceptors (Lipinski definition) is 4. The van der Waals surface area contributed by atoms with Crippen LogP contribution in [0.2, 0.25) is 0 Å². The molecule has 6 nitrogen and oxygen atoms in total. The molecular weight excluding hydrogens is 412 g/mol. The Morgan fingerprint density at radius 1 is 0.968 bits per heavy atom. The van der Waals surface area contributed by atoms with Crippen molar-refractivity contribution in [2.75, 3.05) is 17.5 Å². The Labute approximate surface area is 182 Å². The summed E-state index contributed by atoms with van der Waals surface area (Å²) in [7, 11) is -3.85. The van der Waals surface area contributed by atoms with Crippen molar-refractivity contribution in [1.82, 2.24) is 5.32 Å². The molecule has 1 N–H and O–H groups in total. The number of benzene rings is 3. The second-order valence-corrected chi connectivity index (χ2v) is 9.40. The van der Waals surface area contributed by atoms with Gasteiger partial charge in [-0.3, -0.25) is 9.10 Å². The summed E-state index contributed by atoms with van der Waals surface area (Å²) < 4.78 is 33.5. The Bertz CT molecular complexity index is 1220. The highest BCUT2D eigenvalue weighted by molar-refractivity contribution is 7.93. The van der Waals surface area contributed by atoms with Gasteiger partial charge in [-0.1, -0.05) is 54.6 Å². The lowest BCUT2D eigenvalue weighted by Crippen LogP contribution is -2.46. The first-order chi connectivity index (χ1) is 14.9. The van der Waals surface area contributed by atoms with E-state index in [-0.39, 0.29) is 24.1 Å². The molecule has 1 aliphatic rings. The fourth-order valence-corrected chi connectivity index (χ4v) is 5.33. The number of fused-ring (bicyclic) bond motifs is 3. The zero-order chi connectivity index (χ0) is 22.0. The summed E-state index contributed by atoms with van der Waals surface area (Å²) in [6.07, 6.45) is 0. The standard InChI is InChI=1S/C24H24N2O4S/c1-17-9-3-7-13-22(17)30-16-18(2)25-24(27)15-26-21-12-6-4-10-19(21)20-11-5-8-14-23(20)31(26,28)29/h3-14,18H,15-16H2,1-2H3,(H,25,27)/t18-/m1/s1. The first-order valence-corrected chi connectivity index (χ1v) is 11.5. The Morgan fingerprint density at radius 2 is 1.61 bits per heavy atom. The number of carbonyl (C=O) groups is 1. The minimum Gasteiger partial charge on any atom is -0.491 e. The second-order valence-electron chi connectivity index (χ2n) is 7.57. The number of rotatable bonds is 6. The van der Waals surface area contributed by atoms with Gasteiger partial charge in [-0.25, -0.2) is 8.42 Å². The third kappa shape index (κ3) is 4.14. The monoisotopic (exact) mass is 436 g/mol. The number of amides is 1.